The number of esters is 2. The predicted molar refractivity (Wildman–Crippen MR) is 76.4 cm³/mol. The largest absolute Gasteiger partial charge is 0.465 e. The van der Waals surface area contributed by atoms with Gasteiger partial charge in [0.25, 0.3) is 0 Å². The average Bonchev–Trinajstić information content (AvgIpc) is 2.45. The van der Waals surface area contributed by atoms with Gasteiger partial charge < -0.3 is 9.47 Å². The van der Waals surface area contributed by atoms with Gasteiger partial charge in [0, 0.05) is 0 Å². The van der Waals surface area contributed by atoms with Crippen LogP contribution in [0.15, 0.2) is 24.3 Å². The normalized spacial score (nSPS) is 10.1. The predicted octanol–water partition coefficient (Wildman–Crippen LogP) is 2.68. The van der Waals surface area contributed by atoms with Crippen molar-refractivity contribution in [1.29, 1.82) is 0 Å². The Bertz CT molecular complexity index is 382. The van der Waals surface area contributed by atoms with Gasteiger partial charge in [0.05, 0.1) is 26.1 Å². The molecule has 0 aliphatic carbocycles. The van der Waals surface area contributed by atoms with Crippen LogP contribution in [0, 0.1) is 0 Å². The smallest absolute Gasteiger partial charge is 0.310 e. The highest BCUT2D eigenvalue weighted by molar-refractivity contribution is 5.73. The third-order valence-electron chi connectivity index (χ3n) is 2.65. The zero-order valence-electron chi connectivity index (χ0n) is 12.2. The molecule has 0 unspecified atom stereocenters. The molecule has 4 heteroatoms. The van der Waals surface area contributed by atoms with Gasteiger partial charge >= 0.3 is 11.9 Å². The highest BCUT2D eigenvalue weighted by Crippen LogP contribution is 2.07. The molecule has 20 heavy (non-hydrogen) atoms. The van der Waals surface area contributed by atoms with Crippen LogP contribution < -0.4 is 0 Å². The number of benzene rings is 1. The Labute approximate surface area is 120 Å². The summed E-state index contributed by atoms with van der Waals surface area (Å²) in [5.74, 6) is -0.441. The van der Waals surface area contributed by atoms with Crippen LogP contribution >= 0.6 is 0 Å². The monoisotopic (exact) mass is 278 g/mol. The molecule has 0 aliphatic rings. The van der Waals surface area contributed by atoms with Crippen molar-refractivity contribution < 1.29 is 19.1 Å². The Kier molecular flexibility index (Phi) is 7.40. The Morgan fingerprint density at radius 3 is 1.45 bits per heavy atom. The van der Waals surface area contributed by atoms with Crippen LogP contribution in [-0.4, -0.2) is 25.2 Å². The molecule has 0 saturated carbocycles. The van der Waals surface area contributed by atoms with E-state index in [1.54, 1.807) is 0 Å². The SMILES string of the molecule is CCCOC(=O)Cc1ccc(CC(=O)OCCC)cc1. The standard InChI is InChI=1S/C16H22O4/c1-3-9-19-15(17)11-13-5-7-14(8-6-13)12-16(18)20-10-4-2/h5-8H,3-4,9-12H2,1-2H3. The molecule has 0 radical (unpaired) electrons. The number of hydrogen-bond acceptors (Lipinski definition) is 4. The molecular formula is C16H22O4. The van der Waals surface area contributed by atoms with Crippen molar-refractivity contribution in [2.45, 2.75) is 39.5 Å². The highest BCUT2D eigenvalue weighted by Gasteiger charge is 2.07. The Hall–Kier alpha value is -1.84. The van der Waals surface area contributed by atoms with Crippen molar-refractivity contribution in [3.05, 3.63) is 35.4 Å². The summed E-state index contributed by atoms with van der Waals surface area (Å²) in [7, 11) is 0. The van der Waals surface area contributed by atoms with Gasteiger partial charge in [-0.2, -0.15) is 0 Å². The summed E-state index contributed by atoms with van der Waals surface area (Å²) in [5.41, 5.74) is 1.77. The summed E-state index contributed by atoms with van der Waals surface area (Å²) in [6.07, 6.45) is 2.18. The van der Waals surface area contributed by atoms with E-state index in [4.69, 9.17) is 9.47 Å². The summed E-state index contributed by atoms with van der Waals surface area (Å²) in [4.78, 5) is 22.9. The van der Waals surface area contributed by atoms with Gasteiger partial charge in [0.2, 0.25) is 0 Å². The summed E-state index contributed by atoms with van der Waals surface area (Å²) < 4.78 is 10.0. The Balaban J connectivity index is 2.43. The molecule has 1 aromatic carbocycles. The van der Waals surface area contributed by atoms with Crippen molar-refractivity contribution >= 4 is 11.9 Å². The van der Waals surface area contributed by atoms with Crippen molar-refractivity contribution in [2.24, 2.45) is 0 Å². The van der Waals surface area contributed by atoms with Crippen LogP contribution in [0.5, 0.6) is 0 Å². The van der Waals surface area contributed by atoms with E-state index < -0.39 is 0 Å². The second-order valence-electron chi connectivity index (χ2n) is 4.61. The third-order valence-corrected chi connectivity index (χ3v) is 2.65. The molecule has 0 spiro atoms. The van der Waals surface area contributed by atoms with Crippen LogP contribution in [-0.2, 0) is 31.9 Å². The zero-order chi connectivity index (χ0) is 14.8. The molecule has 1 aromatic rings. The van der Waals surface area contributed by atoms with Crippen LogP contribution in [0.2, 0.25) is 0 Å². The van der Waals surface area contributed by atoms with E-state index in [2.05, 4.69) is 0 Å². The van der Waals surface area contributed by atoms with Gasteiger partial charge in [0.1, 0.15) is 0 Å². The number of ether oxygens (including phenoxy) is 2. The lowest BCUT2D eigenvalue weighted by atomic mass is 10.1. The first-order valence-corrected chi connectivity index (χ1v) is 7.04. The number of carbonyl (C=O) groups excluding carboxylic acids is 2. The van der Waals surface area contributed by atoms with E-state index >= 15 is 0 Å². The molecular weight excluding hydrogens is 256 g/mol. The molecule has 0 aromatic heterocycles. The lowest BCUT2D eigenvalue weighted by Gasteiger charge is -2.05. The second-order valence-corrected chi connectivity index (χ2v) is 4.61. The van der Waals surface area contributed by atoms with E-state index in [-0.39, 0.29) is 24.8 Å². The molecule has 4 nitrogen and oxygen atoms in total. The van der Waals surface area contributed by atoms with Gasteiger partial charge in [-0.15, -0.1) is 0 Å². The van der Waals surface area contributed by atoms with Crippen molar-refractivity contribution in [3.63, 3.8) is 0 Å². The fraction of sp³-hybridized carbons (Fsp3) is 0.500. The minimum atomic E-state index is -0.220. The molecule has 0 fully saturated rings. The quantitative estimate of drug-likeness (QED) is 0.686. The second kappa shape index (κ2) is 9.13. The van der Waals surface area contributed by atoms with Gasteiger partial charge in [-0.25, -0.2) is 0 Å². The fourth-order valence-corrected chi connectivity index (χ4v) is 1.64. The number of rotatable bonds is 8. The minimum Gasteiger partial charge on any atom is -0.465 e. The molecule has 0 heterocycles. The molecule has 0 amide bonds. The summed E-state index contributed by atoms with van der Waals surface area (Å²) in [6.45, 7) is 4.83. The maximum absolute atomic E-state index is 11.5. The molecule has 1 rings (SSSR count). The fourth-order valence-electron chi connectivity index (χ4n) is 1.64. The van der Waals surface area contributed by atoms with Crippen LogP contribution in [0.1, 0.15) is 37.8 Å². The lowest BCUT2D eigenvalue weighted by Crippen LogP contribution is -2.10. The maximum Gasteiger partial charge on any atom is 0.310 e. The summed E-state index contributed by atoms with van der Waals surface area (Å²) >= 11 is 0. The lowest BCUT2D eigenvalue weighted by molar-refractivity contribution is -0.143. The third kappa shape index (κ3) is 6.36. The summed E-state index contributed by atoms with van der Waals surface area (Å²) in [6, 6.07) is 7.37. The molecule has 0 aliphatic heterocycles. The van der Waals surface area contributed by atoms with Gasteiger partial charge in [0.15, 0.2) is 0 Å². The first-order valence-electron chi connectivity index (χ1n) is 7.04. The first kappa shape index (κ1) is 16.2. The van der Waals surface area contributed by atoms with Crippen LogP contribution in [0.4, 0.5) is 0 Å². The highest BCUT2D eigenvalue weighted by atomic mass is 16.5. The van der Waals surface area contributed by atoms with E-state index in [9.17, 15) is 9.59 Å². The van der Waals surface area contributed by atoms with Crippen molar-refractivity contribution in [2.75, 3.05) is 13.2 Å². The van der Waals surface area contributed by atoms with E-state index in [0.29, 0.717) is 13.2 Å². The van der Waals surface area contributed by atoms with Crippen molar-refractivity contribution in [1.82, 2.24) is 0 Å². The Morgan fingerprint density at radius 1 is 0.800 bits per heavy atom. The van der Waals surface area contributed by atoms with Crippen LogP contribution in [0.3, 0.4) is 0 Å². The maximum atomic E-state index is 11.5. The molecule has 0 N–H and O–H groups in total. The van der Waals surface area contributed by atoms with Gasteiger partial charge in [-0.05, 0) is 24.0 Å². The Morgan fingerprint density at radius 2 is 1.15 bits per heavy atom. The van der Waals surface area contributed by atoms with Crippen LogP contribution in [0.25, 0.3) is 0 Å². The van der Waals surface area contributed by atoms with Gasteiger partial charge in [-0.3, -0.25) is 9.59 Å². The summed E-state index contributed by atoms with van der Waals surface area (Å²) in [5, 5.41) is 0. The van der Waals surface area contributed by atoms with Gasteiger partial charge in [-0.1, -0.05) is 38.1 Å². The molecule has 110 valence electrons. The molecule has 0 saturated heterocycles. The average molecular weight is 278 g/mol. The van der Waals surface area contributed by atoms with Crippen molar-refractivity contribution in [3.8, 4) is 0 Å². The zero-order valence-corrected chi connectivity index (χ0v) is 12.2. The first-order chi connectivity index (χ1) is 9.65. The van der Waals surface area contributed by atoms with E-state index in [1.807, 2.05) is 38.1 Å². The number of carbonyl (C=O) groups is 2. The topological polar surface area (TPSA) is 52.6 Å². The number of hydrogen-bond donors (Lipinski definition) is 0. The van der Waals surface area contributed by atoms with E-state index in [0.717, 1.165) is 24.0 Å². The minimum absolute atomic E-state index is 0.220. The molecule has 0 atom stereocenters. The van der Waals surface area contributed by atoms with E-state index in [1.165, 1.54) is 0 Å². The molecule has 0 bridgehead atoms.